The molecule has 0 aromatic rings. The average Bonchev–Trinajstić information content (AvgIpc) is 2.03. The molecule has 0 amide bonds. The summed E-state index contributed by atoms with van der Waals surface area (Å²) in [5.74, 6) is 0. The lowest BCUT2D eigenvalue weighted by Gasteiger charge is -2.14. The largest absolute Gasteiger partial charge is 0.638 e. The second-order valence-corrected chi connectivity index (χ2v) is 3.19. The van der Waals surface area contributed by atoms with Crippen LogP contribution in [0.15, 0.2) is 0 Å². The fraction of sp³-hybridized carbons (Fsp3) is 1.00. The van der Waals surface area contributed by atoms with Gasteiger partial charge in [0.15, 0.2) is 0 Å². The molecule has 0 heterocycles. The van der Waals surface area contributed by atoms with Crippen LogP contribution in [-0.2, 0) is 9.31 Å². The van der Waals surface area contributed by atoms with Crippen LogP contribution < -0.4 is 0 Å². The maximum absolute atomic E-state index is 9.04. The molecule has 0 aromatic heterocycles. The summed E-state index contributed by atoms with van der Waals surface area (Å²) in [4.78, 5) is 0. The van der Waals surface area contributed by atoms with Crippen LogP contribution in [0.1, 0.15) is 26.7 Å². The van der Waals surface area contributed by atoms with Gasteiger partial charge in [-0.2, -0.15) is 0 Å². The van der Waals surface area contributed by atoms with Crippen molar-refractivity contribution in [3.8, 4) is 0 Å². The van der Waals surface area contributed by atoms with Crippen LogP contribution in [-0.4, -0.2) is 23.5 Å². The molecule has 1 N–H and O–H groups in total. The Kier molecular flexibility index (Phi) is 7.28. The van der Waals surface area contributed by atoms with E-state index in [9.17, 15) is 0 Å². The number of halogens is 2. The summed E-state index contributed by atoms with van der Waals surface area (Å²) < 4.78 is 9.57. The topological polar surface area (TPSA) is 38.7 Å². The van der Waals surface area contributed by atoms with E-state index in [2.05, 4.69) is 0 Å². The standard InChI is InChI=1S/C6H13BCl2O3/c1-3-5(8)11-7(10)12-6(9)4-2/h5-6,10H,3-4H2,1-2H3. The first-order valence-corrected chi connectivity index (χ1v) is 4.74. The second kappa shape index (κ2) is 6.98. The zero-order valence-corrected chi connectivity index (χ0v) is 8.68. The molecule has 0 aliphatic rings. The summed E-state index contributed by atoms with van der Waals surface area (Å²) in [6.45, 7) is 3.67. The Morgan fingerprint density at radius 2 is 1.50 bits per heavy atom. The van der Waals surface area contributed by atoms with E-state index in [4.69, 9.17) is 37.5 Å². The summed E-state index contributed by atoms with van der Waals surface area (Å²) in [5, 5.41) is 9.04. The SMILES string of the molecule is CCC(Cl)OB(O)OC(Cl)CC. The van der Waals surface area contributed by atoms with Crippen molar-refractivity contribution < 1.29 is 14.3 Å². The van der Waals surface area contributed by atoms with Crippen molar-refractivity contribution in [1.29, 1.82) is 0 Å². The first-order chi connectivity index (χ1) is 5.60. The van der Waals surface area contributed by atoms with E-state index in [1.807, 2.05) is 13.8 Å². The van der Waals surface area contributed by atoms with Gasteiger partial charge in [-0.1, -0.05) is 37.0 Å². The molecule has 12 heavy (non-hydrogen) atoms. The van der Waals surface area contributed by atoms with E-state index in [-0.39, 0.29) is 0 Å². The Hall–Kier alpha value is 0.525. The van der Waals surface area contributed by atoms with Crippen LogP contribution >= 0.6 is 23.2 Å². The van der Waals surface area contributed by atoms with Crippen molar-refractivity contribution in [3.05, 3.63) is 0 Å². The number of alkyl halides is 2. The van der Waals surface area contributed by atoms with Gasteiger partial charge in [-0.05, 0) is 12.8 Å². The molecule has 0 aromatic carbocycles. The molecule has 0 radical (unpaired) electrons. The van der Waals surface area contributed by atoms with Gasteiger partial charge in [-0.25, -0.2) is 0 Å². The summed E-state index contributed by atoms with van der Waals surface area (Å²) in [6, 6.07) is 0. The monoisotopic (exact) mass is 214 g/mol. The third-order valence-corrected chi connectivity index (χ3v) is 1.99. The molecule has 0 aliphatic heterocycles. The molecule has 0 saturated carbocycles. The predicted octanol–water partition coefficient (Wildman–Crippen LogP) is 1.95. The normalized spacial score (nSPS) is 15.8. The average molecular weight is 215 g/mol. The molecule has 0 bridgehead atoms. The highest BCUT2D eigenvalue weighted by Crippen LogP contribution is 2.09. The van der Waals surface area contributed by atoms with Crippen LogP contribution in [0.3, 0.4) is 0 Å². The molecule has 3 nitrogen and oxygen atoms in total. The fourth-order valence-corrected chi connectivity index (χ4v) is 0.653. The number of hydrogen-bond donors (Lipinski definition) is 1. The molecule has 0 rings (SSSR count). The van der Waals surface area contributed by atoms with Gasteiger partial charge in [0.05, 0.1) is 0 Å². The van der Waals surface area contributed by atoms with Gasteiger partial charge in [0, 0.05) is 0 Å². The van der Waals surface area contributed by atoms with Gasteiger partial charge >= 0.3 is 7.32 Å². The highest BCUT2D eigenvalue weighted by Gasteiger charge is 2.22. The molecule has 2 unspecified atom stereocenters. The minimum Gasteiger partial charge on any atom is -0.402 e. The van der Waals surface area contributed by atoms with Crippen molar-refractivity contribution >= 4 is 30.5 Å². The third-order valence-electron chi connectivity index (χ3n) is 1.17. The highest BCUT2D eigenvalue weighted by atomic mass is 35.5. The quantitative estimate of drug-likeness (QED) is 0.543. The Morgan fingerprint density at radius 1 is 1.17 bits per heavy atom. The van der Waals surface area contributed by atoms with E-state index in [0.717, 1.165) is 0 Å². The van der Waals surface area contributed by atoms with Gasteiger partial charge in [0.25, 0.3) is 0 Å². The van der Waals surface area contributed by atoms with Crippen molar-refractivity contribution in [2.75, 3.05) is 0 Å². The lowest BCUT2D eigenvalue weighted by atomic mass is 10.2. The molecule has 6 heteroatoms. The second-order valence-electron chi connectivity index (χ2n) is 2.22. The molecule has 72 valence electrons. The Morgan fingerprint density at radius 3 is 1.75 bits per heavy atom. The molecule has 0 aliphatic carbocycles. The molecule has 0 spiro atoms. The van der Waals surface area contributed by atoms with E-state index in [1.54, 1.807) is 0 Å². The smallest absolute Gasteiger partial charge is 0.402 e. The lowest BCUT2D eigenvalue weighted by molar-refractivity contribution is 0.104. The Balaban J connectivity index is 3.51. The van der Waals surface area contributed by atoms with Crippen LogP contribution in [0, 0.1) is 0 Å². The zero-order valence-electron chi connectivity index (χ0n) is 7.17. The van der Waals surface area contributed by atoms with E-state index >= 15 is 0 Å². The van der Waals surface area contributed by atoms with Crippen molar-refractivity contribution in [2.24, 2.45) is 0 Å². The molecule has 2 atom stereocenters. The maximum Gasteiger partial charge on any atom is 0.638 e. The first kappa shape index (κ1) is 12.5. The van der Waals surface area contributed by atoms with Crippen LogP contribution in [0.2, 0.25) is 0 Å². The summed E-state index contributed by atoms with van der Waals surface area (Å²) in [7, 11) is -1.34. The lowest BCUT2D eigenvalue weighted by Crippen LogP contribution is -2.29. The van der Waals surface area contributed by atoms with Gasteiger partial charge < -0.3 is 14.3 Å². The summed E-state index contributed by atoms with van der Waals surface area (Å²) in [5.41, 5.74) is -1.08. The van der Waals surface area contributed by atoms with E-state index in [1.165, 1.54) is 0 Å². The van der Waals surface area contributed by atoms with Gasteiger partial charge in [-0.15, -0.1) is 0 Å². The predicted molar refractivity (Wildman–Crippen MR) is 50.0 cm³/mol. The minimum absolute atomic E-state index is 0.541. The third kappa shape index (κ3) is 6.09. The minimum atomic E-state index is -1.34. The van der Waals surface area contributed by atoms with Crippen molar-refractivity contribution in [3.63, 3.8) is 0 Å². The maximum atomic E-state index is 9.04. The number of rotatable bonds is 6. The van der Waals surface area contributed by atoms with Crippen LogP contribution in [0.5, 0.6) is 0 Å². The van der Waals surface area contributed by atoms with Crippen LogP contribution in [0.4, 0.5) is 0 Å². The molecule has 0 saturated heterocycles. The van der Waals surface area contributed by atoms with Gasteiger partial charge in [0.2, 0.25) is 0 Å². The van der Waals surface area contributed by atoms with E-state index < -0.39 is 18.4 Å². The Bertz CT molecular complexity index is 105. The summed E-state index contributed by atoms with van der Waals surface area (Å²) >= 11 is 11.2. The first-order valence-electron chi connectivity index (χ1n) is 3.87. The zero-order chi connectivity index (χ0) is 9.56. The fourth-order valence-electron chi connectivity index (χ4n) is 0.477. The molecular weight excluding hydrogens is 202 g/mol. The highest BCUT2D eigenvalue weighted by molar-refractivity contribution is 6.37. The molecular formula is C6H13BCl2O3. The van der Waals surface area contributed by atoms with Gasteiger partial charge in [-0.3, -0.25) is 0 Å². The summed E-state index contributed by atoms with van der Waals surface area (Å²) in [6.07, 6.45) is 1.20. The van der Waals surface area contributed by atoms with E-state index in [0.29, 0.717) is 12.8 Å². The van der Waals surface area contributed by atoms with Gasteiger partial charge in [0.1, 0.15) is 11.1 Å². The Labute approximate surface area is 83.1 Å². The number of hydrogen-bond acceptors (Lipinski definition) is 3. The van der Waals surface area contributed by atoms with Crippen molar-refractivity contribution in [2.45, 2.75) is 37.8 Å². The molecule has 0 fully saturated rings. The van der Waals surface area contributed by atoms with Crippen LogP contribution in [0.25, 0.3) is 0 Å². The van der Waals surface area contributed by atoms with Crippen molar-refractivity contribution in [1.82, 2.24) is 0 Å².